The van der Waals surface area contributed by atoms with Gasteiger partial charge in [-0.2, -0.15) is 0 Å². The number of fused-ring (bicyclic) bond motifs is 1. The quantitative estimate of drug-likeness (QED) is 0.713. The third-order valence-electron chi connectivity index (χ3n) is 2.96. The Kier molecular flexibility index (Phi) is 2.19. The molecule has 3 rings (SSSR count). The highest BCUT2D eigenvalue weighted by Gasteiger charge is 2.08. The van der Waals surface area contributed by atoms with Crippen LogP contribution in [-0.2, 0) is 7.05 Å². The Labute approximate surface area is 104 Å². The van der Waals surface area contributed by atoms with E-state index in [0.29, 0.717) is 0 Å². The summed E-state index contributed by atoms with van der Waals surface area (Å²) in [6, 6.07) is 8.49. The minimum Gasteiger partial charge on any atom is -0.389 e. The summed E-state index contributed by atoms with van der Waals surface area (Å²) in [5.74, 6) is 0. The van der Waals surface area contributed by atoms with Gasteiger partial charge >= 0.3 is 0 Å². The maximum absolute atomic E-state index is 5.85. The normalized spacial score (nSPS) is 11.2. The highest BCUT2D eigenvalue weighted by molar-refractivity contribution is 7.18. The molecule has 0 saturated carbocycles. The minimum absolute atomic E-state index is 0.799. The number of thiazole rings is 1. The molecule has 0 amide bonds. The van der Waals surface area contributed by atoms with Crippen LogP contribution in [0.4, 0.5) is 5.00 Å². The van der Waals surface area contributed by atoms with Gasteiger partial charge in [0, 0.05) is 29.7 Å². The molecule has 2 heterocycles. The standard InChI is InChI=1S/C13H13N3S/c1-8-12(14)17-13(15-8)10-3-4-11-9(7-10)5-6-16(11)2/h3-7H,14H2,1-2H3. The minimum atomic E-state index is 0.799. The van der Waals surface area contributed by atoms with Crippen molar-refractivity contribution in [3.8, 4) is 10.6 Å². The van der Waals surface area contributed by atoms with E-state index in [-0.39, 0.29) is 0 Å². The summed E-state index contributed by atoms with van der Waals surface area (Å²) in [6.45, 7) is 1.94. The Morgan fingerprint density at radius 1 is 1.29 bits per heavy atom. The van der Waals surface area contributed by atoms with Crippen LogP contribution < -0.4 is 5.73 Å². The van der Waals surface area contributed by atoms with Crippen LogP contribution >= 0.6 is 11.3 Å². The van der Waals surface area contributed by atoms with Gasteiger partial charge in [-0.1, -0.05) is 11.3 Å². The first kappa shape index (κ1) is 10.4. The van der Waals surface area contributed by atoms with Crippen LogP contribution in [0.15, 0.2) is 30.5 Å². The van der Waals surface area contributed by atoms with Gasteiger partial charge in [0.15, 0.2) is 0 Å². The fourth-order valence-electron chi connectivity index (χ4n) is 1.95. The number of nitrogen functional groups attached to an aromatic ring is 1. The number of benzene rings is 1. The monoisotopic (exact) mass is 243 g/mol. The fraction of sp³-hybridized carbons (Fsp3) is 0.154. The van der Waals surface area contributed by atoms with Crippen LogP contribution in [0.25, 0.3) is 21.5 Å². The van der Waals surface area contributed by atoms with Crippen molar-refractivity contribution in [2.75, 3.05) is 5.73 Å². The number of hydrogen-bond acceptors (Lipinski definition) is 3. The van der Waals surface area contributed by atoms with Crippen molar-refractivity contribution in [3.05, 3.63) is 36.2 Å². The molecule has 17 heavy (non-hydrogen) atoms. The summed E-state index contributed by atoms with van der Waals surface area (Å²) >= 11 is 1.54. The van der Waals surface area contributed by atoms with E-state index in [4.69, 9.17) is 5.73 Å². The number of aryl methyl sites for hydroxylation is 2. The number of hydrogen-bond donors (Lipinski definition) is 1. The second kappa shape index (κ2) is 3.60. The van der Waals surface area contributed by atoms with Crippen molar-refractivity contribution in [2.45, 2.75) is 6.92 Å². The van der Waals surface area contributed by atoms with Crippen molar-refractivity contribution in [1.82, 2.24) is 9.55 Å². The van der Waals surface area contributed by atoms with E-state index in [1.54, 1.807) is 11.3 Å². The molecule has 0 atom stereocenters. The summed E-state index contributed by atoms with van der Waals surface area (Å²) in [4.78, 5) is 4.48. The smallest absolute Gasteiger partial charge is 0.125 e. The van der Waals surface area contributed by atoms with Crippen molar-refractivity contribution in [3.63, 3.8) is 0 Å². The molecule has 2 aromatic heterocycles. The molecule has 0 saturated heterocycles. The lowest BCUT2D eigenvalue weighted by molar-refractivity contribution is 0.969. The number of aromatic nitrogens is 2. The summed E-state index contributed by atoms with van der Waals surface area (Å²) in [6.07, 6.45) is 2.07. The van der Waals surface area contributed by atoms with E-state index >= 15 is 0 Å². The molecule has 4 heteroatoms. The first-order valence-electron chi connectivity index (χ1n) is 5.43. The van der Waals surface area contributed by atoms with Gasteiger partial charge in [-0.15, -0.1) is 0 Å². The molecule has 3 nitrogen and oxygen atoms in total. The summed E-state index contributed by atoms with van der Waals surface area (Å²) in [7, 11) is 2.05. The summed E-state index contributed by atoms with van der Waals surface area (Å²) < 4.78 is 2.11. The molecular formula is C13H13N3S. The molecule has 2 N–H and O–H groups in total. The van der Waals surface area contributed by atoms with Crippen LogP contribution in [0.3, 0.4) is 0 Å². The predicted octanol–water partition coefficient (Wildman–Crippen LogP) is 3.19. The predicted molar refractivity (Wildman–Crippen MR) is 73.2 cm³/mol. The van der Waals surface area contributed by atoms with Crippen LogP contribution in [0.1, 0.15) is 5.69 Å². The van der Waals surface area contributed by atoms with E-state index in [9.17, 15) is 0 Å². The fourth-order valence-corrected chi connectivity index (χ4v) is 2.78. The van der Waals surface area contributed by atoms with Crippen molar-refractivity contribution < 1.29 is 0 Å². The summed E-state index contributed by atoms with van der Waals surface area (Å²) in [5.41, 5.74) is 9.13. The van der Waals surface area contributed by atoms with Crippen molar-refractivity contribution in [1.29, 1.82) is 0 Å². The highest BCUT2D eigenvalue weighted by Crippen LogP contribution is 2.31. The van der Waals surface area contributed by atoms with Crippen LogP contribution in [-0.4, -0.2) is 9.55 Å². The third-order valence-corrected chi connectivity index (χ3v) is 4.00. The van der Waals surface area contributed by atoms with Crippen LogP contribution in [0, 0.1) is 6.92 Å². The number of anilines is 1. The molecular weight excluding hydrogens is 230 g/mol. The van der Waals surface area contributed by atoms with Crippen LogP contribution in [0.2, 0.25) is 0 Å². The van der Waals surface area contributed by atoms with E-state index in [2.05, 4.69) is 40.0 Å². The molecule has 86 valence electrons. The van der Waals surface area contributed by atoms with Gasteiger partial charge in [0.25, 0.3) is 0 Å². The van der Waals surface area contributed by atoms with E-state index in [1.165, 1.54) is 10.9 Å². The second-order valence-corrected chi connectivity index (χ2v) is 5.20. The summed E-state index contributed by atoms with van der Waals surface area (Å²) in [5, 5.41) is 3.02. The molecule has 0 unspecified atom stereocenters. The van der Waals surface area contributed by atoms with Gasteiger partial charge in [0.2, 0.25) is 0 Å². The average Bonchev–Trinajstić information content (AvgIpc) is 2.84. The third kappa shape index (κ3) is 1.61. The molecule has 0 bridgehead atoms. The molecule has 0 radical (unpaired) electrons. The molecule has 3 aromatic rings. The average molecular weight is 243 g/mol. The SMILES string of the molecule is Cc1nc(-c2ccc3c(ccn3C)c2)sc1N. The zero-order valence-corrected chi connectivity index (χ0v) is 10.6. The first-order chi connectivity index (χ1) is 8.15. The number of nitrogens with zero attached hydrogens (tertiary/aromatic N) is 2. The van der Waals surface area contributed by atoms with Gasteiger partial charge in [-0.25, -0.2) is 4.98 Å². The van der Waals surface area contributed by atoms with Crippen LogP contribution in [0.5, 0.6) is 0 Å². The molecule has 0 aliphatic carbocycles. The molecule has 1 aromatic carbocycles. The second-order valence-electron chi connectivity index (χ2n) is 4.17. The Balaban J connectivity index is 2.17. The lowest BCUT2D eigenvalue weighted by Gasteiger charge is -1.99. The highest BCUT2D eigenvalue weighted by atomic mass is 32.1. The Bertz CT molecular complexity index is 674. The van der Waals surface area contributed by atoms with Gasteiger partial charge in [-0.05, 0) is 31.2 Å². The van der Waals surface area contributed by atoms with Gasteiger partial charge < -0.3 is 10.3 Å². The van der Waals surface area contributed by atoms with Gasteiger partial charge in [-0.3, -0.25) is 0 Å². The maximum Gasteiger partial charge on any atom is 0.125 e. The van der Waals surface area contributed by atoms with E-state index < -0.39 is 0 Å². The lowest BCUT2D eigenvalue weighted by Crippen LogP contribution is -1.84. The maximum atomic E-state index is 5.85. The first-order valence-corrected chi connectivity index (χ1v) is 6.25. The number of rotatable bonds is 1. The zero-order chi connectivity index (χ0) is 12.0. The zero-order valence-electron chi connectivity index (χ0n) is 9.77. The van der Waals surface area contributed by atoms with Crippen molar-refractivity contribution in [2.24, 2.45) is 7.05 Å². The van der Waals surface area contributed by atoms with Crippen molar-refractivity contribution >= 4 is 27.2 Å². The van der Waals surface area contributed by atoms with Gasteiger partial charge in [0.05, 0.1) is 5.69 Å². The molecule has 0 aliphatic rings. The molecule has 0 spiro atoms. The molecule has 0 fully saturated rings. The topological polar surface area (TPSA) is 43.8 Å². The van der Waals surface area contributed by atoms with E-state index in [1.807, 2.05) is 14.0 Å². The Morgan fingerprint density at radius 3 is 2.82 bits per heavy atom. The van der Waals surface area contributed by atoms with E-state index in [0.717, 1.165) is 21.3 Å². The Morgan fingerprint density at radius 2 is 2.12 bits per heavy atom. The largest absolute Gasteiger partial charge is 0.389 e. The molecule has 0 aliphatic heterocycles. The van der Waals surface area contributed by atoms with Gasteiger partial charge in [0.1, 0.15) is 10.0 Å². The number of nitrogens with two attached hydrogens (primary N) is 1. The Hall–Kier alpha value is -1.81. The lowest BCUT2D eigenvalue weighted by atomic mass is 10.1.